The first kappa shape index (κ1) is 5.46. The van der Waals surface area contributed by atoms with Crippen LogP contribution in [0.5, 0.6) is 0 Å². The second-order valence-electron chi connectivity index (χ2n) is 1.22. The molecule has 0 saturated carbocycles. The maximum Gasteiger partial charge on any atom is 0.175 e. The molecular weight excluding hydrogens is 162 g/mol. The van der Waals surface area contributed by atoms with Crippen LogP contribution < -0.4 is 16.2 Å². The maximum absolute atomic E-state index is 8.58. The molecule has 2 unspecified atom stereocenters. The van der Waals surface area contributed by atoms with Crippen molar-refractivity contribution < 1.29 is 5.11 Å². The van der Waals surface area contributed by atoms with Crippen molar-refractivity contribution in [2.75, 3.05) is 0 Å². The molecule has 0 aliphatic carbocycles. The van der Waals surface area contributed by atoms with Crippen LogP contribution in [0.2, 0.25) is 0 Å². The Morgan fingerprint density at radius 3 is 2.29 bits per heavy atom. The zero-order chi connectivity index (χ0) is 5.28. The molecule has 42 valence electrons. The van der Waals surface area contributed by atoms with E-state index >= 15 is 0 Å². The largest absolute Gasteiger partial charge is 0.364 e. The average molecular weight is 168 g/mol. The van der Waals surface area contributed by atoms with E-state index in [1.54, 1.807) is 0 Å². The second kappa shape index (κ2) is 2.06. The Balaban J connectivity index is 2.26. The van der Waals surface area contributed by atoms with Crippen molar-refractivity contribution in [3.8, 4) is 0 Å². The highest BCUT2D eigenvalue weighted by Gasteiger charge is 2.15. The lowest BCUT2D eigenvalue weighted by molar-refractivity contribution is 0.132. The average Bonchev–Trinajstić information content (AvgIpc) is 1.87. The van der Waals surface area contributed by atoms with Crippen LogP contribution in [0.3, 0.4) is 0 Å². The predicted octanol–water partition coefficient (Wildman–Crippen LogP) is -1.36. The van der Waals surface area contributed by atoms with Gasteiger partial charge in [0.15, 0.2) is 6.35 Å². The van der Waals surface area contributed by atoms with E-state index in [2.05, 4.69) is 32.1 Å². The summed E-state index contributed by atoms with van der Waals surface area (Å²) in [7, 11) is 0. The van der Waals surface area contributed by atoms with Gasteiger partial charge in [-0.3, -0.25) is 5.32 Å². The lowest BCUT2D eigenvalue weighted by Gasteiger charge is -1.96. The summed E-state index contributed by atoms with van der Waals surface area (Å²) in [5.41, 5.74) is 5.19. The number of nitrogens with one attached hydrogen (secondary N) is 3. The van der Waals surface area contributed by atoms with E-state index in [0.29, 0.717) is 0 Å². The van der Waals surface area contributed by atoms with Gasteiger partial charge in [0.05, 0.1) is 0 Å². The molecule has 0 radical (unpaired) electrons. The number of hydrogen-bond donors (Lipinski definition) is 4. The minimum absolute atomic E-state index is 0.0255. The summed E-state index contributed by atoms with van der Waals surface area (Å²) in [5.74, 6) is 0. The predicted molar refractivity (Wildman–Crippen MR) is 28.1 cm³/mol. The van der Waals surface area contributed by atoms with Crippen molar-refractivity contribution >= 4 is 15.9 Å². The third-order valence-electron chi connectivity index (χ3n) is 0.651. The van der Waals surface area contributed by atoms with Crippen molar-refractivity contribution in [2.45, 2.75) is 11.4 Å². The molecule has 0 aromatic rings. The normalized spacial score (nSPS) is 42.0. The van der Waals surface area contributed by atoms with E-state index in [1.807, 2.05) is 0 Å². The highest BCUT2D eigenvalue weighted by atomic mass is 79.9. The molecule has 1 saturated heterocycles. The van der Waals surface area contributed by atoms with E-state index in [-0.39, 0.29) is 5.08 Å². The molecular formula is C2H6BrN3O. The highest BCUT2D eigenvalue weighted by Crippen LogP contribution is 1.92. The van der Waals surface area contributed by atoms with E-state index in [0.717, 1.165) is 0 Å². The van der Waals surface area contributed by atoms with Gasteiger partial charge < -0.3 is 5.11 Å². The molecule has 5 heteroatoms. The van der Waals surface area contributed by atoms with Crippen molar-refractivity contribution in [3.05, 3.63) is 0 Å². The zero-order valence-electron chi connectivity index (χ0n) is 3.48. The molecule has 1 rings (SSSR count). The van der Waals surface area contributed by atoms with Crippen LogP contribution in [0.15, 0.2) is 0 Å². The summed E-state index contributed by atoms with van der Waals surface area (Å²) >= 11 is 3.13. The summed E-state index contributed by atoms with van der Waals surface area (Å²) in [4.78, 5) is 0. The Morgan fingerprint density at radius 2 is 2.14 bits per heavy atom. The monoisotopic (exact) mass is 167 g/mol. The minimum atomic E-state index is -0.635. The zero-order valence-corrected chi connectivity index (χ0v) is 5.07. The van der Waals surface area contributed by atoms with Crippen LogP contribution >= 0.6 is 15.9 Å². The summed E-state index contributed by atoms with van der Waals surface area (Å²) in [6.07, 6.45) is -0.635. The van der Waals surface area contributed by atoms with Crippen LogP contribution in [0.25, 0.3) is 0 Å². The summed E-state index contributed by atoms with van der Waals surface area (Å²) < 4.78 is 0. The molecule has 1 heterocycles. The molecule has 0 spiro atoms. The number of aliphatic hydroxyl groups excluding tert-OH is 1. The Labute approximate surface area is 49.4 Å². The molecule has 1 aliphatic heterocycles. The van der Waals surface area contributed by atoms with Crippen molar-refractivity contribution in [3.63, 3.8) is 0 Å². The Hall–Kier alpha value is 0.320. The molecule has 4 nitrogen and oxygen atoms in total. The smallest absolute Gasteiger partial charge is 0.175 e. The van der Waals surface area contributed by atoms with Crippen LogP contribution in [-0.2, 0) is 0 Å². The van der Waals surface area contributed by atoms with Gasteiger partial charge in [-0.25, -0.2) is 10.9 Å². The topological polar surface area (TPSA) is 56.3 Å². The fourth-order valence-corrected chi connectivity index (χ4v) is 0.757. The van der Waals surface area contributed by atoms with Gasteiger partial charge in [0.2, 0.25) is 0 Å². The summed E-state index contributed by atoms with van der Waals surface area (Å²) in [6.45, 7) is 0. The maximum atomic E-state index is 8.58. The molecule has 0 amide bonds. The lowest BCUT2D eigenvalue weighted by Crippen LogP contribution is -2.32. The Kier molecular flexibility index (Phi) is 1.61. The highest BCUT2D eigenvalue weighted by molar-refractivity contribution is 9.09. The van der Waals surface area contributed by atoms with Gasteiger partial charge in [0, 0.05) is 0 Å². The fraction of sp³-hybridized carbons (Fsp3) is 1.00. The number of hydrazine groups is 1. The van der Waals surface area contributed by atoms with Gasteiger partial charge in [-0.15, -0.1) is 0 Å². The van der Waals surface area contributed by atoms with Gasteiger partial charge >= 0.3 is 0 Å². The molecule has 0 aromatic carbocycles. The summed E-state index contributed by atoms with van der Waals surface area (Å²) in [5, 5.41) is 11.2. The number of hydrogen-bond acceptors (Lipinski definition) is 4. The standard InChI is InChI=1S/C2H6BrN3O/c3-1-4-2(7)6-5-1/h1-2,4-7H. The molecule has 0 bridgehead atoms. The van der Waals surface area contributed by atoms with Crippen LogP contribution in [0, 0.1) is 0 Å². The first-order valence-electron chi connectivity index (χ1n) is 1.88. The van der Waals surface area contributed by atoms with Crippen LogP contribution in [0.1, 0.15) is 0 Å². The second-order valence-corrected chi connectivity index (χ2v) is 2.14. The van der Waals surface area contributed by atoms with Gasteiger partial charge in [-0.1, -0.05) is 15.9 Å². The first-order valence-corrected chi connectivity index (χ1v) is 2.80. The van der Waals surface area contributed by atoms with E-state index in [9.17, 15) is 0 Å². The Morgan fingerprint density at radius 1 is 1.43 bits per heavy atom. The third-order valence-corrected chi connectivity index (χ3v) is 1.14. The molecule has 1 aliphatic rings. The molecule has 2 atom stereocenters. The number of aliphatic hydroxyl groups is 1. The SMILES string of the molecule is OC1NNC(Br)N1. The first-order chi connectivity index (χ1) is 3.29. The molecule has 1 fully saturated rings. The van der Waals surface area contributed by atoms with Gasteiger partial charge in [0.25, 0.3) is 0 Å². The number of rotatable bonds is 0. The van der Waals surface area contributed by atoms with Crippen molar-refractivity contribution in [1.29, 1.82) is 0 Å². The quantitative estimate of drug-likeness (QED) is 0.266. The van der Waals surface area contributed by atoms with E-state index in [4.69, 9.17) is 5.11 Å². The molecule has 7 heavy (non-hydrogen) atoms. The molecule has 0 aromatic heterocycles. The van der Waals surface area contributed by atoms with Gasteiger partial charge in [-0.05, 0) is 0 Å². The van der Waals surface area contributed by atoms with E-state index < -0.39 is 6.35 Å². The van der Waals surface area contributed by atoms with Crippen molar-refractivity contribution in [2.24, 2.45) is 0 Å². The Bertz CT molecular complexity index is 62.0. The third kappa shape index (κ3) is 1.36. The van der Waals surface area contributed by atoms with Crippen LogP contribution in [0.4, 0.5) is 0 Å². The van der Waals surface area contributed by atoms with E-state index in [1.165, 1.54) is 0 Å². The van der Waals surface area contributed by atoms with Crippen molar-refractivity contribution in [1.82, 2.24) is 16.2 Å². The van der Waals surface area contributed by atoms with Crippen LogP contribution in [-0.4, -0.2) is 16.5 Å². The lowest BCUT2D eigenvalue weighted by atomic mass is 11.0. The minimum Gasteiger partial charge on any atom is -0.364 e. The number of halogens is 1. The van der Waals surface area contributed by atoms with Gasteiger partial charge in [0.1, 0.15) is 5.08 Å². The van der Waals surface area contributed by atoms with Gasteiger partial charge in [-0.2, -0.15) is 0 Å². The summed E-state index contributed by atoms with van der Waals surface area (Å²) in [6, 6.07) is 0. The molecule has 4 N–H and O–H groups in total. The number of alkyl halides is 1. The fourth-order valence-electron chi connectivity index (χ4n) is 0.374.